The quantitative estimate of drug-likeness (QED) is 0.322. The summed E-state index contributed by atoms with van der Waals surface area (Å²) in [7, 11) is 0. The minimum atomic E-state index is -0.486. The van der Waals surface area contributed by atoms with E-state index in [1.807, 2.05) is 32.0 Å². The van der Waals surface area contributed by atoms with Crippen LogP contribution in [-0.4, -0.2) is 26.8 Å². The Kier molecular flexibility index (Phi) is 6.68. The highest BCUT2D eigenvalue weighted by molar-refractivity contribution is 7.99. The molecular weight excluding hydrogens is 408 g/mol. The maximum absolute atomic E-state index is 12.1. The molecule has 0 aliphatic heterocycles. The molecule has 0 saturated heterocycles. The van der Waals surface area contributed by atoms with E-state index in [9.17, 15) is 14.9 Å². The number of thioether (sulfide) groups is 1. The van der Waals surface area contributed by atoms with E-state index >= 15 is 0 Å². The normalized spacial score (nSPS) is 10.6. The summed E-state index contributed by atoms with van der Waals surface area (Å²) in [6.07, 6.45) is 0. The fraction of sp³-hybridized carbons (Fsp3) is 0.250. The molecule has 2 aromatic carbocycles. The number of nitrogens with zero attached hydrogens (tertiary/aromatic N) is 3. The topological polar surface area (TPSA) is 120 Å². The lowest BCUT2D eigenvalue weighted by Crippen LogP contribution is -2.14. The minimum Gasteiger partial charge on any atom is -0.484 e. The fourth-order valence-corrected chi connectivity index (χ4v) is 3.30. The van der Waals surface area contributed by atoms with Crippen molar-refractivity contribution in [1.82, 2.24) is 10.2 Å². The number of carbonyl (C=O) groups excluding carboxylic acids is 1. The first-order valence-corrected chi connectivity index (χ1v) is 10.00. The lowest BCUT2D eigenvalue weighted by Gasteiger charge is -2.06. The molecule has 0 spiro atoms. The van der Waals surface area contributed by atoms with Gasteiger partial charge in [-0.15, -0.1) is 10.2 Å². The van der Waals surface area contributed by atoms with Crippen LogP contribution in [0.15, 0.2) is 46.0 Å². The van der Waals surface area contributed by atoms with E-state index in [0.717, 1.165) is 22.9 Å². The molecule has 3 aromatic rings. The third kappa shape index (κ3) is 5.80. The van der Waals surface area contributed by atoms with Crippen molar-refractivity contribution in [3.63, 3.8) is 0 Å². The van der Waals surface area contributed by atoms with Crippen molar-refractivity contribution < 1.29 is 18.9 Å². The van der Waals surface area contributed by atoms with Crippen LogP contribution in [0.2, 0.25) is 0 Å². The Hall–Kier alpha value is -3.40. The zero-order valence-corrected chi connectivity index (χ0v) is 17.5. The van der Waals surface area contributed by atoms with Crippen molar-refractivity contribution in [2.24, 2.45) is 0 Å². The molecule has 1 N–H and O–H groups in total. The number of aryl methyl sites for hydroxylation is 3. The average molecular weight is 428 g/mol. The van der Waals surface area contributed by atoms with Gasteiger partial charge in [-0.1, -0.05) is 23.9 Å². The zero-order valence-electron chi connectivity index (χ0n) is 16.7. The Balaban J connectivity index is 1.50. The van der Waals surface area contributed by atoms with Crippen LogP contribution < -0.4 is 10.1 Å². The molecular formula is C20H20N4O5S. The highest BCUT2D eigenvalue weighted by atomic mass is 32.2. The number of rotatable bonds is 8. The van der Waals surface area contributed by atoms with Crippen molar-refractivity contribution in [2.75, 3.05) is 11.1 Å². The molecule has 3 rings (SSSR count). The van der Waals surface area contributed by atoms with Gasteiger partial charge in [-0.05, 0) is 50.1 Å². The maximum atomic E-state index is 12.1. The third-order valence-electron chi connectivity index (χ3n) is 4.02. The molecule has 10 heteroatoms. The van der Waals surface area contributed by atoms with Crippen molar-refractivity contribution in [2.45, 2.75) is 32.6 Å². The third-order valence-corrected chi connectivity index (χ3v) is 4.84. The highest BCUT2D eigenvalue weighted by Gasteiger charge is 2.14. The Morgan fingerprint density at radius 2 is 1.90 bits per heavy atom. The zero-order chi connectivity index (χ0) is 21.7. The van der Waals surface area contributed by atoms with Crippen LogP contribution in [0, 0.1) is 30.9 Å². The number of ether oxygens (including phenoxy) is 1. The van der Waals surface area contributed by atoms with Crippen molar-refractivity contribution in [1.29, 1.82) is 0 Å². The molecule has 1 heterocycles. The van der Waals surface area contributed by atoms with Crippen molar-refractivity contribution in [3.05, 3.63) is 69.1 Å². The van der Waals surface area contributed by atoms with E-state index < -0.39 is 4.92 Å². The molecule has 1 aromatic heterocycles. The van der Waals surface area contributed by atoms with Gasteiger partial charge in [-0.2, -0.15) is 0 Å². The summed E-state index contributed by atoms with van der Waals surface area (Å²) in [5, 5.41) is 21.7. The van der Waals surface area contributed by atoms with Crippen LogP contribution >= 0.6 is 11.8 Å². The highest BCUT2D eigenvalue weighted by Crippen LogP contribution is 2.23. The molecule has 0 unspecified atom stereocenters. The summed E-state index contributed by atoms with van der Waals surface area (Å²) in [6.45, 7) is 5.73. The van der Waals surface area contributed by atoms with Crippen LogP contribution in [-0.2, 0) is 11.4 Å². The molecule has 0 saturated carbocycles. The van der Waals surface area contributed by atoms with Gasteiger partial charge in [0, 0.05) is 17.3 Å². The van der Waals surface area contributed by atoms with Crippen LogP contribution in [0.5, 0.6) is 5.75 Å². The number of amides is 1. The molecule has 30 heavy (non-hydrogen) atoms. The molecule has 9 nitrogen and oxygen atoms in total. The summed E-state index contributed by atoms with van der Waals surface area (Å²) in [4.78, 5) is 22.6. The number of hydrogen-bond donors (Lipinski definition) is 1. The van der Waals surface area contributed by atoms with Gasteiger partial charge in [0.25, 0.3) is 16.8 Å². The second-order valence-corrected chi connectivity index (χ2v) is 7.60. The van der Waals surface area contributed by atoms with Gasteiger partial charge in [0.1, 0.15) is 5.75 Å². The van der Waals surface area contributed by atoms with E-state index in [2.05, 4.69) is 15.5 Å². The van der Waals surface area contributed by atoms with Gasteiger partial charge in [0.2, 0.25) is 5.91 Å². The monoisotopic (exact) mass is 428 g/mol. The molecule has 0 aliphatic carbocycles. The van der Waals surface area contributed by atoms with Crippen molar-refractivity contribution >= 4 is 29.0 Å². The number of nitro benzene ring substituents is 1. The number of hydrogen-bond acceptors (Lipinski definition) is 8. The second kappa shape index (κ2) is 9.40. The Bertz CT molecular complexity index is 1060. The molecule has 156 valence electrons. The van der Waals surface area contributed by atoms with E-state index in [1.165, 1.54) is 6.07 Å². The first-order chi connectivity index (χ1) is 14.3. The van der Waals surface area contributed by atoms with Crippen LogP contribution in [0.3, 0.4) is 0 Å². The number of nitro groups is 1. The maximum Gasteiger partial charge on any atom is 0.277 e. The summed E-state index contributed by atoms with van der Waals surface area (Å²) in [6, 6.07) is 10.4. The van der Waals surface area contributed by atoms with Gasteiger partial charge in [0.05, 0.1) is 10.7 Å². The smallest absolute Gasteiger partial charge is 0.277 e. The number of nitrogens with one attached hydrogen (secondary N) is 1. The number of benzene rings is 2. The largest absolute Gasteiger partial charge is 0.484 e. The van der Waals surface area contributed by atoms with Crippen LogP contribution in [0.25, 0.3) is 0 Å². The Labute approximate surface area is 177 Å². The van der Waals surface area contributed by atoms with Gasteiger partial charge >= 0.3 is 0 Å². The SMILES string of the molecule is Cc1cc(C)cc(OCc2nnc(SCC(=O)Nc3ccc(C)c([N+](=O)[O-])c3)o2)c1. The number of anilines is 1. The Morgan fingerprint density at radius 3 is 2.60 bits per heavy atom. The molecule has 0 aliphatic rings. The van der Waals surface area contributed by atoms with E-state index in [-0.39, 0.29) is 29.2 Å². The van der Waals surface area contributed by atoms with E-state index in [1.54, 1.807) is 19.1 Å². The van der Waals surface area contributed by atoms with Gasteiger partial charge in [0.15, 0.2) is 6.61 Å². The van der Waals surface area contributed by atoms with Gasteiger partial charge in [-0.25, -0.2) is 0 Å². The standard InChI is InChI=1S/C20H20N4O5S/c1-12-6-13(2)8-16(7-12)28-10-19-22-23-20(29-19)30-11-18(25)21-15-5-4-14(3)17(9-15)24(26)27/h4-9H,10-11H2,1-3H3,(H,21,25). The van der Waals surface area contributed by atoms with E-state index in [0.29, 0.717) is 22.9 Å². The first-order valence-electron chi connectivity index (χ1n) is 9.01. The lowest BCUT2D eigenvalue weighted by atomic mass is 10.1. The molecule has 0 fully saturated rings. The first kappa shape index (κ1) is 21.3. The minimum absolute atomic E-state index is 0.0151. The lowest BCUT2D eigenvalue weighted by molar-refractivity contribution is -0.385. The van der Waals surface area contributed by atoms with Gasteiger partial charge in [-0.3, -0.25) is 14.9 Å². The molecule has 0 bridgehead atoms. The molecule has 0 atom stereocenters. The summed E-state index contributed by atoms with van der Waals surface area (Å²) >= 11 is 1.07. The molecule has 0 radical (unpaired) electrons. The molecule has 1 amide bonds. The van der Waals surface area contributed by atoms with E-state index in [4.69, 9.17) is 9.15 Å². The van der Waals surface area contributed by atoms with Gasteiger partial charge < -0.3 is 14.5 Å². The average Bonchev–Trinajstić information content (AvgIpc) is 3.13. The summed E-state index contributed by atoms with van der Waals surface area (Å²) in [5.41, 5.74) is 3.01. The predicted molar refractivity (Wildman–Crippen MR) is 112 cm³/mol. The van der Waals surface area contributed by atoms with Crippen LogP contribution in [0.1, 0.15) is 22.6 Å². The van der Waals surface area contributed by atoms with Crippen molar-refractivity contribution in [3.8, 4) is 5.75 Å². The second-order valence-electron chi connectivity index (χ2n) is 6.67. The number of aromatic nitrogens is 2. The fourth-order valence-electron chi connectivity index (χ4n) is 2.72. The summed E-state index contributed by atoms with van der Waals surface area (Å²) in [5.74, 6) is 0.684. The number of carbonyl (C=O) groups is 1. The predicted octanol–water partition coefficient (Wildman–Crippen LogP) is 4.21. The summed E-state index contributed by atoms with van der Waals surface area (Å²) < 4.78 is 11.2. The Morgan fingerprint density at radius 1 is 1.17 bits per heavy atom. The van der Waals surface area contributed by atoms with Crippen LogP contribution in [0.4, 0.5) is 11.4 Å².